The van der Waals surface area contributed by atoms with Crippen molar-refractivity contribution < 1.29 is 25.5 Å². The minimum absolute atomic E-state index is 0.795. The van der Waals surface area contributed by atoms with Gasteiger partial charge in [0.2, 0.25) is 0 Å². The summed E-state index contributed by atoms with van der Waals surface area (Å²) in [6, 6.07) is 0. The van der Waals surface area contributed by atoms with E-state index in [1.54, 1.807) is 0 Å². The van der Waals surface area contributed by atoms with Gasteiger partial charge in [0.05, 0.1) is 0 Å². The molecule has 5 nitrogen and oxygen atoms in total. The van der Waals surface area contributed by atoms with Gasteiger partial charge in [-0.25, -0.2) is 8.42 Å². The molecule has 0 saturated heterocycles. The highest BCUT2D eigenvalue weighted by molar-refractivity contribution is 7.90. The molecule has 0 unspecified atom stereocenters. The summed E-state index contributed by atoms with van der Waals surface area (Å²) in [6.45, 7) is 0. The smallest absolute Gasteiger partial charge is 0.326 e. The lowest BCUT2D eigenvalue weighted by Gasteiger charge is -1.96. The summed E-state index contributed by atoms with van der Waals surface area (Å²) in [4.78, 5) is 0. The molecule has 0 saturated carbocycles. The monoisotopic (exact) mass is 206 g/mol. The molecule has 68 valence electrons. The van der Waals surface area contributed by atoms with Gasteiger partial charge in [-0.1, -0.05) is 0 Å². The Kier molecular flexibility index (Phi) is 3.39. The van der Waals surface area contributed by atoms with Gasteiger partial charge >= 0.3 is 10.2 Å². The van der Waals surface area contributed by atoms with Crippen LogP contribution >= 0.6 is 0 Å². The van der Waals surface area contributed by atoms with Crippen molar-refractivity contribution in [1.82, 2.24) is 0 Å². The van der Waals surface area contributed by atoms with E-state index in [9.17, 15) is 20.7 Å². The van der Waals surface area contributed by atoms with Crippen molar-refractivity contribution in [2.24, 2.45) is 0 Å². The number of hydrogen-bond donors (Lipinski definition) is 0. The van der Waals surface area contributed by atoms with E-state index >= 15 is 0 Å². The molecule has 0 rings (SSSR count). The quantitative estimate of drug-likeness (QED) is 0.566. The lowest BCUT2D eigenvalue weighted by molar-refractivity contribution is 0.221. The third-order valence-electron chi connectivity index (χ3n) is 0.522. The van der Waals surface area contributed by atoms with E-state index in [-0.39, 0.29) is 0 Å². The molecule has 0 aliphatic carbocycles. The Morgan fingerprint density at radius 2 is 1.64 bits per heavy atom. The van der Waals surface area contributed by atoms with Gasteiger partial charge in [0.1, 0.15) is 5.94 Å². The van der Waals surface area contributed by atoms with Gasteiger partial charge in [-0.05, 0) is 0 Å². The van der Waals surface area contributed by atoms with E-state index in [0.717, 1.165) is 6.26 Å². The molecule has 0 fully saturated rings. The minimum atomic E-state index is -4.73. The second kappa shape index (κ2) is 3.46. The van der Waals surface area contributed by atoms with Crippen LogP contribution in [0.1, 0.15) is 0 Å². The molecule has 0 spiro atoms. The van der Waals surface area contributed by atoms with Crippen LogP contribution in [-0.2, 0) is 24.8 Å². The van der Waals surface area contributed by atoms with Crippen LogP contribution in [0.2, 0.25) is 0 Å². The van der Waals surface area contributed by atoms with E-state index in [4.69, 9.17) is 0 Å². The van der Waals surface area contributed by atoms with E-state index in [1.807, 2.05) is 0 Å². The number of halogens is 1. The Morgan fingerprint density at radius 3 is 1.91 bits per heavy atom. The third kappa shape index (κ3) is 9.79. The highest BCUT2D eigenvalue weighted by Crippen LogP contribution is 1.93. The summed E-state index contributed by atoms with van der Waals surface area (Å²) >= 11 is 0. The summed E-state index contributed by atoms with van der Waals surface area (Å²) in [5.74, 6) is -2.02. The molecule has 0 aromatic rings. The first-order chi connectivity index (χ1) is 4.71. The minimum Gasteiger partial charge on any atom is -0.347 e. The zero-order valence-electron chi connectivity index (χ0n) is 5.65. The van der Waals surface area contributed by atoms with Gasteiger partial charge in [0.25, 0.3) is 0 Å². The number of ether oxygens (including phenoxy) is 1. The van der Waals surface area contributed by atoms with E-state index in [0.29, 0.717) is 0 Å². The maximum Gasteiger partial charge on any atom is 0.326 e. The lowest BCUT2D eigenvalue weighted by Crippen LogP contribution is -2.11. The fourth-order valence-electron chi connectivity index (χ4n) is 0.285. The molecule has 0 aliphatic heterocycles. The number of rotatable bonds is 4. The molecule has 0 radical (unpaired) electrons. The van der Waals surface area contributed by atoms with Crippen molar-refractivity contribution in [1.29, 1.82) is 0 Å². The van der Waals surface area contributed by atoms with Crippen LogP contribution in [0.15, 0.2) is 0 Å². The van der Waals surface area contributed by atoms with E-state index in [1.165, 1.54) is 0 Å². The highest BCUT2D eigenvalue weighted by atomic mass is 32.3. The number of hydrogen-bond acceptors (Lipinski definition) is 5. The zero-order chi connectivity index (χ0) is 9.12. The average molecular weight is 206 g/mol. The van der Waals surface area contributed by atoms with Gasteiger partial charge in [-0.15, -0.1) is 3.89 Å². The molecule has 0 heterocycles. The van der Waals surface area contributed by atoms with Gasteiger partial charge in [0.15, 0.2) is 15.8 Å². The third-order valence-corrected chi connectivity index (χ3v) is 1.56. The molecule has 0 amide bonds. The van der Waals surface area contributed by atoms with Crippen molar-refractivity contribution in [3.8, 4) is 0 Å². The van der Waals surface area contributed by atoms with Crippen molar-refractivity contribution in [2.75, 3.05) is 18.1 Å². The molecular formula is C3H7FO5S2. The maximum absolute atomic E-state index is 11.6. The second-order valence-electron chi connectivity index (χ2n) is 1.90. The Bertz CT molecular complexity index is 269. The van der Waals surface area contributed by atoms with Crippen LogP contribution in [0.3, 0.4) is 0 Å². The van der Waals surface area contributed by atoms with Crippen molar-refractivity contribution >= 4 is 20.1 Å². The van der Waals surface area contributed by atoms with Crippen LogP contribution in [0.25, 0.3) is 0 Å². The molecule has 0 N–H and O–H groups in total. The summed E-state index contributed by atoms with van der Waals surface area (Å²) in [5.41, 5.74) is 0. The SMILES string of the molecule is CS(=O)(=O)COCS(=O)(=O)F. The topological polar surface area (TPSA) is 77.5 Å². The van der Waals surface area contributed by atoms with E-state index in [2.05, 4.69) is 4.74 Å². The Morgan fingerprint density at radius 1 is 1.18 bits per heavy atom. The molecule has 0 atom stereocenters. The lowest BCUT2D eigenvalue weighted by atomic mass is 11.5. The Balaban J connectivity index is 3.79. The highest BCUT2D eigenvalue weighted by Gasteiger charge is 2.09. The van der Waals surface area contributed by atoms with Crippen LogP contribution in [0.5, 0.6) is 0 Å². The summed E-state index contributed by atoms with van der Waals surface area (Å²) in [7, 11) is -8.13. The Hall–Kier alpha value is -0.210. The van der Waals surface area contributed by atoms with Gasteiger partial charge in [-0.2, -0.15) is 8.42 Å². The number of sulfone groups is 1. The molecule has 0 aromatic carbocycles. The van der Waals surface area contributed by atoms with Crippen LogP contribution in [0, 0.1) is 0 Å². The molecule has 0 bridgehead atoms. The fraction of sp³-hybridized carbons (Fsp3) is 1.00. The van der Waals surface area contributed by atoms with Gasteiger partial charge in [-0.3, -0.25) is 0 Å². The summed E-state index contributed by atoms with van der Waals surface area (Å²) in [5, 5.41) is 0. The molecule has 11 heavy (non-hydrogen) atoms. The van der Waals surface area contributed by atoms with Crippen LogP contribution in [-0.4, -0.2) is 35.0 Å². The van der Waals surface area contributed by atoms with Gasteiger partial charge < -0.3 is 4.74 Å². The Labute approximate surface area is 64.3 Å². The fourth-order valence-corrected chi connectivity index (χ4v) is 1.06. The largest absolute Gasteiger partial charge is 0.347 e. The van der Waals surface area contributed by atoms with Crippen LogP contribution in [0.4, 0.5) is 3.89 Å². The molecule has 8 heteroatoms. The van der Waals surface area contributed by atoms with Crippen molar-refractivity contribution in [2.45, 2.75) is 0 Å². The van der Waals surface area contributed by atoms with Crippen molar-refractivity contribution in [3.63, 3.8) is 0 Å². The summed E-state index contributed by atoms with van der Waals surface area (Å²) in [6.07, 6.45) is 0.845. The predicted molar refractivity (Wildman–Crippen MR) is 35.7 cm³/mol. The first-order valence-corrected chi connectivity index (χ1v) is 6.00. The maximum atomic E-state index is 11.6. The average Bonchev–Trinajstić information content (AvgIpc) is 1.55. The molecular weight excluding hydrogens is 199 g/mol. The van der Waals surface area contributed by atoms with Gasteiger partial charge in [0, 0.05) is 6.26 Å². The first-order valence-electron chi connectivity index (χ1n) is 2.38. The predicted octanol–water partition coefficient (Wildman–Crippen LogP) is -0.738. The molecule has 0 aliphatic rings. The second-order valence-corrected chi connectivity index (χ2v) is 5.31. The summed E-state index contributed by atoms with van der Waals surface area (Å²) < 4.78 is 55.6. The van der Waals surface area contributed by atoms with Crippen molar-refractivity contribution in [3.05, 3.63) is 0 Å². The van der Waals surface area contributed by atoms with E-state index < -0.39 is 31.9 Å². The standard InChI is InChI=1S/C3H7FO5S2/c1-10(5,6)2-9-3-11(4,7)8/h2-3H2,1H3. The zero-order valence-corrected chi connectivity index (χ0v) is 7.28. The first kappa shape index (κ1) is 10.8. The molecule has 0 aromatic heterocycles. The normalized spacial score (nSPS) is 13.3. The van der Waals surface area contributed by atoms with Crippen LogP contribution < -0.4 is 0 Å².